The molecule has 1 aliphatic heterocycles. The second-order valence-electron chi connectivity index (χ2n) is 9.22. The van der Waals surface area contributed by atoms with Gasteiger partial charge in [0.25, 0.3) is 5.91 Å². The average Bonchev–Trinajstić information content (AvgIpc) is 2.87. The molecule has 1 aliphatic carbocycles. The van der Waals surface area contributed by atoms with Crippen LogP contribution in [-0.2, 0) is 10.2 Å². The highest BCUT2D eigenvalue weighted by Crippen LogP contribution is 2.45. The minimum Gasteiger partial charge on any atom is -0.381 e. The number of hydrogen-bond donors (Lipinski definition) is 2. The molecule has 2 aliphatic rings. The number of carbonyl (C=O) groups excluding carboxylic acids is 1. The number of alkyl halides is 1. The Balaban J connectivity index is 1.25. The van der Waals surface area contributed by atoms with Crippen LogP contribution in [0.5, 0.6) is 0 Å². The van der Waals surface area contributed by atoms with E-state index in [1.54, 1.807) is 24.3 Å². The van der Waals surface area contributed by atoms with Gasteiger partial charge in [-0.15, -0.1) is 10.2 Å². The standard InChI is InChI=1S/C26H27F2N5O2/c27-19-14-26(15-19,24-21(28)5-2-10-29-24)16-30-23-7-6-22(32-33-23)17-3-1-4-18(13-17)25(34)31-20-8-11-35-12-9-20/h1-7,10,13,19-20H,8-9,11-12,14-16H2,(H,30,33)(H,31,34)/t19-,26-. The molecule has 3 heterocycles. The van der Waals surface area contributed by atoms with Gasteiger partial charge in [-0.1, -0.05) is 12.1 Å². The van der Waals surface area contributed by atoms with Crippen LogP contribution in [0.1, 0.15) is 41.7 Å². The number of aromatic nitrogens is 3. The summed E-state index contributed by atoms with van der Waals surface area (Å²) in [4.78, 5) is 16.8. The highest BCUT2D eigenvalue weighted by molar-refractivity contribution is 5.95. The first kappa shape index (κ1) is 23.3. The molecule has 1 aromatic carbocycles. The van der Waals surface area contributed by atoms with Crippen LogP contribution in [0, 0.1) is 5.82 Å². The Morgan fingerprint density at radius 3 is 2.63 bits per heavy atom. The van der Waals surface area contributed by atoms with E-state index in [1.165, 1.54) is 18.3 Å². The first-order chi connectivity index (χ1) is 17.0. The number of pyridine rings is 1. The molecule has 0 atom stereocenters. The zero-order valence-electron chi connectivity index (χ0n) is 19.2. The van der Waals surface area contributed by atoms with Gasteiger partial charge in [-0.05, 0) is 62.1 Å². The van der Waals surface area contributed by atoms with Gasteiger partial charge in [-0.3, -0.25) is 9.78 Å². The van der Waals surface area contributed by atoms with Crippen LogP contribution in [0.4, 0.5) is 14.6 Å². The lowest BCUT2D eigenvalue weighted by molar-refractivity contribution is 0.0696. The fourth-order valence-corrected chi connectivity index (χ4v) is 4.76. The van der Waals surface area contributed by atoms with Crippen molar-refractivity contribution in [3.05, 3.63) is 71.8 Å². The van der Waals surface area contributed by atoms with Crippen molar-refractivity contribution >= 4 is 11.7 Å². The monoisotopic (exact) mass is 479 g/mol. The number of ether oxygens (including phenoxy) is 1. The zero-order valence-corrected chi connectivity index (χ0v) is 19.2. The van der Waals surface area contributed by atoms with Gasteiger partial charge < -0.3 is 15.4 Å². The first-order valence-electron chi connectivity index (χ1n) is 11.8. The molecule has 1 saturated heterocycles. The average molecular weight is 480 g/mol. The number of hydrogen-bond acceptors (Lipinski definition) is 6. The molecule has 0 spiro atoms. The predicted molar refractivity (Wildman–Crippen MR) is 127 cm³/mol. The molecule has 9 heteroatoms. The van der Waals surface area contributed by atoms with E-state index in [4.69, 9.17) is 4.74 Å². The normalized spacial score (nSPS) is 22.3. The summed E-state index contributed by atoms with van der Waals surface area (Å²) >= 11 is 0. The van der Waals surface area contributed by atoms with Gasteiger partial charge in [0.05, 0.1) is 11.4 Å². The molecule has 5 rings (SSSR count). The van der Waals surface area contributed by atoms with Gasteiger partial charge in [0, 0.05) is 48.5 Å². The summed E-state index contributed by atoms with van der Waals surface area (Å²) in [6.45, 7) is 1.62. The summed E-state index contributed by atoms with van der Waals surface area (Å²) in [6.07, 6.45) is 2.60. The molecular weight excluding hydrogens is 452 g/mol. The van der Waals surface area contributed by atoms with E-state index in [2.05, 4.69) is 25.8 Å². The Morgan fingerprint density at radius 1 is 1.09 bits per heavy atom. The van der Waals surface area contributed by atoms with E-state index < -0.39 is 17.4 Å². The van der Waals surface area contributed by atoms with Crippen molar-refractivity contribution in [1.82, 2.24) is 20.5 Å². The van der Waals surface area contributed by atoms with Crippen molar-refractivity contribution in [2.75, 3.05) is 25.1 Å². The van der Waals surface area contributed by atoms with Crippen LogP contribution in [-0.4, -0.2) is 53.1 Å². The largest absolute Gasteiger partial charge is 0.381 e. The minimum atomic E-state index is -0.970. The fraction of sp³-hybridized carbons (Fsp3) is 0.385. The Labute approximate surface area is 202 Å². The van der Waals surface area contributed by atoms with E-state index in [0.717, 1.165) is 18.4 Å². The van der Waals surface area contributed by atoms with E-state index >= 15 is 0 Å². The van der Waals surface area contributed by atoms with Crippen molar-refractivity contribution in [2.45, 2.75) is 43.3 Å². The van der Waals surface area contributed by atoms with E-state index in [9.17, 15) is 13.6 Å². The number of nitrogens with one attached hydrogen (secondary N) is 2. The summed E-state index contributed by atoms with van der Waals surface area (Å²) in [5.41, 5.74) is 1.52. The molecule has 7 nitrogen and oxygen atoms in total. The molecule has 0 unspecified atom stereocenters. The second kappa shape index (κ2) is 10.0. The molecule has 1 amide bonds. The van der Waals surface area contributed by atoms with Crippen LogP contribution in [0.15, 0.2) is 54.7 Å². The number of nitrogens with zero attached hydrogens (tertiary/aromatic N) is 3. The maximum atomic E-state index is 14.3. The third-order valence-electron chi connectivity index (χ3n) is 6.73. The van der Waals surface area contributed by atoms with Crippen molar-refractivity contribution in [1.29, 1.82) is 0 Å². The summed E-state index contributed by atoms with van der Waals surface area (Å²) in [5.74, 6) is -0.0488. The quantitative estimate of drug-likeness (QED) is 0.531. The molecule has 2 aromatic heterocycles. The highest BCUT2D eigenvalue weighted by atomic mass is 19.1. The van der Waals surface area contributed by atoms with Crippen molar-refractivity contribution in [3.63, 3.8) is 0 Å². The maximum Gasteiger partial charge on any atom is 0.251 e. The zero-order chi connectivity index (χ0) is 24.3. The van der Waals surface area contributed by atoms with E-state index in [-0.39, 0.29) is 30.5 Å². The van der Waals surface area contributed by atoms with Gasteiger partial charge >= 0.3 is 0 Å². The Kier molecular flexibility index (Phi) is 6.68. The molecular formula is C26H27F2N5O2. The lowest BCUT2D eigenvalue weighted by Gasteiger charge is -2.44. The Morgan fingerprint density at radius 2 is 1.91 bits per heavy atom. The molecule has 35 heavy (non-hydrogen) atoms. The SMILES string of the molecule is O=C(NC1CCOCC1)c1cccc(-c2ccc(NC[C@]3(c4ncccc4F)C[C@H](F)C3)nn2)c1. The number of anilines is 1. The molecule has 3 aromatic rings. The van der Waals surface area contributed by atoms with Crippen LogP contribution in [0.2, 0.25) is 0 Å². The van der Waals surface area contributed by atoms with Gasteiger partial charge in [-0.25, -0.2) is 8.78 Å². The van der Waals surface area contributed by atoms with Crippen molar-refractivity contribution < 1.29 is 18.3 Å². The van der Waals surface area contributed by atoms with Crippen LogP contribution in [0.25, 0.3) is 11.3 Å². The summed E-state index contributed by atoms with van der Waals surface area (Å²) in [7, 11) is 0. The van der Waals surface area contributed by atoms with Crippen molar-refractivity contribution in [2.24, 2.45) is 0 Å². The molecule has 2 N–H and O–H groups in total. The fourth-order valence-electron chi connectivity index (χ4n) is 4.76. The first-order valence-corrected chi connectivity index (χ1v) is 11.8. The van der Waals surface area contributed by atoms with E-state index in [1.807, 2.05) is 12.1 Å². The van der Waals surface area contributed by atoms with Crippen molar-refractivity contribution in [3.8, 4) is 11.3 Å². The molecule has 0 radical (unpaired) electrons. The van der Waals surface area contributed by atoms with Gasteiger partial charge in [0.1, 0.15) is 17.8 Å². The number of carbonyl (C=O) groups is 1. The Bertz CT molecular complexity index is 1180. The molecule has 182 valence electrons. The summed E-state index contributed by atoms with van der Waals surface area (Å²) in [6, 6.07) is 13.8. The lowest BCUT2D eigenvalue weighted by atomic mass is 9.65. The van der Waals surface area contributed by atoms with Crippen LogP contribution >= 0.6 is 0 Å². The number of amides is 1. The smallest absolute Gasteiger partial charge is 0.251 e. The van der Waals surface area contributed by atoms with Gasteiger partial charge in [0.15, 0.2) is 0 Å². The number of rotatable bonds is 7. The van der Waals surface area contributed by atoms with Crippen LogP contribution < -0.4 is 10.6 Å². The third-order valence-corrected chi connectivity index (χ3v) is 6.73. The molecule has 0 bridgehead atoms. The van der Waals surface area contributed by atoms with Gasteiger partial charge in [0.2, 0.25) is 0 Å². The maximum absolute atomic E-state index is 14.3. The van der Waals surface area contributed by atoms with Gasteiger partial charge in [-0.2, -0.15) is 0 Å². The topological polar surface area (TPSA) is 89.0 Å². The lowest BCUT2D eigenvalue weighted by Crippen LogP contribution is -2.49. The molecule has 2 fully saturated rings. The minimum absolute atomic E-state index is 0.122. The summed E-state index contributed by atoms with van der Waals surface area (Å²) < 4.78 is 33.5. The number of halogens is 2. The number of benzene rings is 1. The third kappa shape index (κ3) is 5.14. The predicted octanol–water partition coefficient (Wildman–Crippen LogP) is 4.07. The summed E-state index contributed by atoms with van der Waals surface area (Å²) in [5, 5.41) is 14.8. The van der Waals surface area contributed by atoms with Crippen LogP contribution in [0.3, 0.4) is 0 Å². The van der Waals surface area contributed by atoms with E-state index in [0.29, 0.717) is 36.8 Å². The highest BCUT2D eigenvalue weighted by Gasteiger charge is 2.48. The molecule has 1 saturated carbocycles. The Hall–Kier alpha value is -3.46. The second-order valence-corrected chi connectivity index (χ2v) is 9.22.